The van der Waals surface area contributed by atoms with Gasteiger partial charge in [0.05, 0.1) is 5.56 Å². The van der Waals surface area contributed by atoms with Gasteiger partial charge in [-0.1, -0.05) is 12.1 Å². The summed E-state index contributed by atoms with van der Waals surface area (Å²) in [5.41, 5.74) is 1.13. The molecule has 0 saturated heterocycles. The number of rotatable bonds is 5. The average Bonchev–Trinajstić information content (AvgIpc) is 2.65. The Labute approximate surface area is 159 Å². The average molecular weight is 371 g/mol. The van der Waals surface area contributed by atoms with Gasteiger partial charge in [-0.3, -0.25) is 4.79 Å². The normalized spacial score (nSPS) is 19.4. The lowest BCUT2D eigenvalue weighted by Gasteiger charge is -2.30. The minimum Gasteiger partial charge on any atom is -0.362 e. The van der Waals surface area contributed by atoms with Crippen LogP contribution in [-0.4, -0.2) is 42.1 Å². The van der Waals surface area contributed by atoms with Gasteiger partial charge in [0.1, 0.15) is 11.6 Å². The Morgan fingerprint density at radius 3 is 2.48 bits per heavy atom. The molecule has 3 rings (SSSR count). The van der Waals surface area contributed by atoms with Crippen molar-refractivity contribution in [3.05, 3.63) is 47.4 Å². The third kappa shape index (κ3) is 4.72. The standard InChI is InChI=1S/C20H26FN5O/c1-13-12-22-20(25-18(13)26(2)3)24-15-10-8-14(9-11-15)23-19(27)16-6-4-5-7-17(16)21/h4-7,12,14-15H,8-11H2,1-3H3,(H,23,27)(H,22,24,25). The number of hydrogen-bond acceptors (Lipinski definition) is 5. The van der Waals surface area contributed by atoms with Gasteiger partial charge >= 0.3 is 0 Å². The van der Waals surface area contributed by atoms with Crippen molar-refractivity contribution in [3.63, 3.8) is 0 Å². The van der Waals surface area contributed by atoms with Gasteiger partial charge in [0, 0.05) is 37.9 Å². The first-order valence-electron chi connectivity index (χ1n) is 9.27. The van der Waals surface area contributed by atoms with E-state index in [1.165, 1.54) is 12.1 Å². The molecular weight excluding hydrogens is 345 g/mol. The highest BCUT2D eigenvalue weighted by molar-refractivity contribution is 5.94. The predicted molar refractivity (Wildman–Crippen MR) is 105 cm³/mol. The van der Waals surface area contributed by atoms with E-state index in [0.717, 1.165) is 37.1 Å². The van der Waals surface area contributed by atoms with Gasteiger partial charge in [0.15, 0.2) is 0 Å². The number of carbonyl (C=O) groups excluding carboxylic acids is 1. The molecule has 0 atom stereocenters. The van der Waals surface area contributed by atoms with E-state index in [4.69, 9.17) is 0 Å². The second kappa shape index (κ2) is 8.33. The fourth-order valence-corrected chi connectivity index (χ4v) is 3.43. The first-order chi connectivity index (χ1) is 12.9. The van der Waals surface area contributed by atoms with Crippen LogP contribution in [0.2, 0.25) is 0 Å². The zero-order valence-electron chi connectivity index (χ0n) is 16.0. The summed E-state index contributed by atoms with van der Waals surface area (Å²) in [5, 5.41) is 6.34. The van der Waals surface area contributed by atoms with E-state index in [9.17, 15) is 9.18 Å². The second-order valence-corrected chi connectivity index (χ2v) is 7.24. The molecule has 0 unspecified atom stereocenters. The summed E-state index contributed by atoms with van der Waals surface area (Å²) in [6.45, 7) is 1.99. The maximum atomic E-state index is 13.7. The third-order valence-corrected chi connectivity index (χ3v) is 4.88. The zero-order valence-corrected chi connectivity index (χ0v) is 16.0. The molecule has 0 bridgehead atoms. The number of anilines is 2. The third-order valence-electron chi connectivity index (χ3n) is 4.88. The number of aromatic nitrogens is 2. The summed E-state index contributed by atoms with van der Waals surface area (Å²) in [6.07, 6.45) is 5.30. The van der Waals surface area contributed by atoms with Crippen LogP contribution >= 0.6 is 0 Å². The lowest BCUT2D eigenvalue weighted by atomic mass is 9.91. The first-order valence-corrected chi connectivity index (χ1v) is 9.27. The number of hydrogen-bond donors (Lipinski definition) is 2. The molecule has 0 spiro atoms. The van der Waals surface area contributed by atoms with Crippen molar-refractivity contribution in [2.24, 2.45) is 0 Å². The molecule has 1 aliphatic rings. The Morgan fingerprint density at radius 2 is 1.81 bits per heavy atom. The number of amides is 1. The number of nitrogens with one attached hydrogen (secondary N) is 2. The van der Waals surface area contributed by atoms with Gasteiger partial charge in [-0.25, -0.2) is 9.37 Å². The van der Waals surface area contributed by atoms with E-state index in [0.29, 0.717) is 5.95 Å². The summed E-state index contributed by atoms with van der Waals surface area (Å²) in [5.74, 6) is 0.696. The fraction of sp³-hybridized carbons (Fsp3) is 0.450. The molecule has 1 heterocycles. The highest BCUT2D eigenvalue weighted by Crippen LogP contribution is 2.23. The Morgan fingerprint density at radius 1 is 1.15 bits per heavy atom. The quantitative estimate of drug-likeness (QED) is 0.845. The molecule has 1 amide bonds. The van der Waals surface area contributed by atoms with Gasteiger partial charge in [-0.2, -0.15) is 4.98 Å². The zero-order chi connectivity index (χ0) is 19.4. The molecule has 1 aromatic carbocycles. The van der Waals surface area contributed by atoms with E-state index in [-0.39, 0.29) is 23.6 Å². The van der Waals surface area contributed by atoms with Crippen molar-refractivity contribution in [2.75, 3.05) is 24.3 Å². The van der Waals surface area contributed by atoms with E-state index in [1.807, 2.05) is 32.1 Å². The van der Waals surface area contributed by atoms with Crippen LogP contribution in [0.1, 0.15) is 41.6 Å². The van der Waals surface area contributed by atoms with Crippen LogP contribution in [0.25, 0.3) is 0 Å². The van der Waals surface area contributed by atoms with E-state index in [2.05, 4.69) is 20.6 Å². The van der Waals surface area contributed by atoms with Crippen LogP contribution in [-0.2, 0) is 0 Å². The number of halogens is 1. The number of aryl methyl sites for hydroxylation is 1. The minimum absolute atomic E-state index is 0.0615. The molecule has 1 aromatic heterocycles. The monoisotopic (exact) mass is 371 g/mol. The Hall–Kier alpha value is -2.70. The van der Waals surface area contributed by atoms with Crippen molar-refractivity contribution in [1.29, 1.82) is 0 Å². The van der Waals surface area contributed by atoms with Crippen molar-refractivity contribution >= 4 is 17.7 Å². The van der Waals surface area contributed by atoms with Crippen molar-refractivity contribution < 1.29 is 9.18 Å². The van der Waals surface area contributed by atoms with Crippen LogP contribution in [0, 0.1) is 12.7 Å². The number of nitrogens with zero attached hydrogens (tertiary/aromatic N) is 3. The molecule has 0 radical (unpaired) electrons. The van der Waals surface area contributed by atoms with Gasteiger partial charge in [0.2, 0.25) is 5.95 Å². The van der Waals surface area contributed by atoms with Crippen LogP contribution in [0.15, 0.2) is 30.5 Å². The van der Waals surface area contributed by atoms with Crippen LogP contribution < -0.4 is 15.5 Å². The summed E-state index contributed by atoms with van der Waals surface area (Å²) in [7, 11) is 3.92. The molecule has 0 aliphatic heterocycles. The molecular formula is C20H26FN5O. The molecule has 1 fully saturated rings. The Balaban J connectivity index is 1.53. The summed E-state index contributed by atoms with van der Waals surface area (Å²) in [6, 6.07) is 6.39. The molecule has 1 aliphatic carbocycles. The van der Waals surface area contributed by atoms with Gasteiger partial charge in [0.25, 0.3) is 5.91 Å². The van der Waals surface area contributed by atoms with Gasteiger partial charge in [-0.15, -0.1) is 0 Å². The Bertz CT molecular complexity index is 803. The number of carbonyl (C=O) groups is 1. The lowest BCUT2D eigenvalue weighted by molar-refractivity contribution is 0.0922. The summed E-state index contributed by atoms with van der Waals surface area (Å²) >= 11 is 0. The second-order valence-electron chi connectivity index (χ2n) is 7.24. The molecule has 7 heteroatoms. The highest BCUT2D eigenvalue weighted by Gasteiger charge is 2.24. The Kier molecular flexibility index (Phi) is 5.88. The van der Waals surface area contributed by atoms with Crippen molar-refractivity contribution in [2.45, 2.75) is 44.7 Å². The lowest BCUT2D eigenvalue weighted by Crippen LogP contribution is -2.40. The first kappa shape index (κ1) is 19.1. The maximum Gasteiger partial charge on any atom is 0.254 e. The smallest absolute Gasteiger partial charge is 0.254 e. The topological polar surface area (TPSA) is 70.1 Å². The molecule has 27 heavy (non-hydrogen) atoms. The van der Waals surface area contributed by atoms with Crippen LogP contribution in [0.5, 0.6) is 0 Å². The van der Waals surface area contributed by atoms with Crippen LogP contribution in [0.3, 0.4) is 0 Å². The van der Waals surface area contributed by atoms with E-state index in [1.54, 1.807) is 12.1 Å². The molecule has 2 N–H and O–H groups in total. The molecule has 2 aromatic rings. The van der Waals surface area contributed by atoms with Gasteiger partial charge in [-0.05, 0) is 44.7 Å². The van der Waals surface area contributed by atoms with E-state index >= 15 is 0 Å². The maximum absolute atomic E-state index is 13.7. The molecule has 6 nitrogen and oxygen atoms in total. The SMILES string of the molecule is Cc1cnc(NC2CCC(NC(=O)c3ccccc3F)CC2)nc1N(C)C. The molecule has 144 valence electrons. The van der Waals surface area contributed by atoms with E-state index < -0.39 is 5.82 Å². The van der Waals surface area contributed by atoms with Gasteiger partial charge < -0.3 is 15.5 Å². The minimum atomic E-state index is -0.487. The largest absolute Gasteiger partial charge is 0.362 e. The number of benzene rings is 1. The molecule has 1 saturated carbocycles. The van der Waals surface area contributed by atoms with Crippen LogP contribution in [0.4, 0.5) is 16.2 Å². The summed E-state index contributed by atoms with van der Waals surface area (Å²) in [4.78, 5) is 23.2. The predicted octanol–water partition coefficient (Wildman–Crippen LogP) is 3.14. The highest BCUT2D eigenvalue weighted by atomic mass is 19.1. The van der Waals surface area contributed by atoms with Crippen molar-refractivity contribution in [1.82, 2.24) is 15.3 Å². The van der Waals surface area contributed by atoms with Crippen molar-refractivity contribution in [3.8, 4) is 0 Å². The summed E-state index contributed by atoms with van der Waals surface area (Å²) < 4.78 is 13.7. The fourth-order valence-electron chi connectivity index (χ4n) is 3.43.